The minimum absolute atomic E-state index is 0.0320. The molecule has 0 radical (unpaired) electrons. The zero-order valence-electron chi connectivity index (χ0n) is 11.9. The average molecular weight is 319 g/mol. The predicted molar refractivity (Wildman–Crippen MR) is 73.7 cm³/mol. The molecule has 0 unspecified atom stereocenters. The standard InChI is InChI=1S/C13H18FNO5S/c1-19-10-9-15(8-7-13(16)20-2)21(17,18)12-5-3-11(14)4-6-12/h3-6H,7-10H2,1-2H3. The third-order valence-electron chi connectivity index (χ3n) is 2.79. The first-order valence-electron chi connectivity index (χ1n) is 6.23. The highest BCUT2D eigenvalue weighted by Crippen LogP contribution is 2.16. The second-order valence-electron chi connectivity index (χ2n) is 4.18. The lowest BCUT2D eigenvalue weighted by Gasteiger charge is -2.21. The van der Waals surface area contributed by atoms with E-state index in [0.717, 1.165) is 16.4 Å². The molecule has 0 N–H and O–H groups in total. The summed E-state index contributed by atoms with van der Waals surface area (Å²) < 4.78 is 48.3. The summed E-state index contributed by atoms with van der Waals surface area (Å²) in [6, 6.07) is 4.51. The van der Waals surface area contributed by atoms with Crippen molar-refractivity contribution in [2.24, 2.45) is 0 Å². The zero-order chi connectivity index (χ0) is 15.9. The molecule has 0 heterocycles. The summed E-state index contributed by atoms with van der Waals surface area (Å²) >= 11 is 0. The van der Waals surface area contributed by atoms with E-state index < -0.39 is 21.8 Å². The molecule has 0 atom stereocenters. The second-order valence-corrected chi connectivity index (χ2v) is 6.11. The first-order valence-corrected chi connectivity index (χ1v) is 7.67. The summed E-state index contributed by atoms with van der Waals surface area (Å²) in [6.45, 7) is 0.241. The molecular formula is C13H18FNO5S. The lowest BCUT2D eigenvalue weighted by molar-refractivity contribution is -0.140. The first kappa shape index (κ1) is 17.5. The Hall–Kier alpha value is -1.51. The number of methoxy groups -OCH3 is 2. The number of hydrogen-bond donors (Lipinski definition) is 0. The molecule has 0 fully saturated rings. The summed E-state index contributed by atoms with van der Waals surface area (Å²) in [5.74, 6) is -1.03. The first-order chi connectivity index (χ1) is 9.91. The van der Waals surface area contributed by atoms with Crippen LogP contribution in [0, 0.1) is 5.82 Å². The van der Waals surface area contributed by atoms with Crippen molar-refractivity contribution in [3.8, 4) is 0 Å². The Morgan fingerprint density at radius 1 is 1.19 bits per heavy atom. The van der Waals surface area contributed by atoms with Gasteiger partial charge in [-0.2, -0.15) is 4.31 Å². The van der Waals surface area contributed by atoms with E-state index in [0.29, 0.717) is 0 Å². The Bertz CT molecular complexity index is 558. The van der Waals surface area contributed by atoms with Gasteiger partial charge in [-0.1, -0.05) is 0 Å². The van der Waals surface area contributed by atoms with Gasteiger partial charge in [0.05, 0.1) is 25.0 Å². The summed E-state index contributed by atoms with van der Waals surface area (Å²) in [5.41, 5.74) is 0. The van der Waals surface area contributed by atoms with Crippen LogP contribution in [0.5, 0.6) is 0 Å². The summed E-state index contributed by atoms with van der Waals surface area (Å²) in [5, 5.41) is 0. The third-order valence-corrected chi connectivity index (χ3v) is 4.70. The number of hydrogen-bond acceptors (Lipinski definition) is 5. The van der Waals surface area contributed by atoms with Crippen molar-refractivity contribution < 1.29 is 27.1 Å². The smallest absolute Gasteiger partial charge is 0.306 e. The number of esters is 1. The van der Waals surface area contributed by atoms with Crippen LogP contribution in [0.15, 0.2) is 29.2 Å². The lowest BCUT2D eigenvalue weighted by Crippen LogP contribution is -2.35. The average Bonchev–Trinajstić information content (AvgIpc) is 2.47. The van der Waals surface area contributed by atoms with E-state index in [9.17, 15) is 17.6 Å². The van der Waals surface area contributed by atoms with Gasteiger partial charge in [0.15, 0.2) is 0 Å². The largest absolute Gasteiger partial charge is 0.469 e. The van der Waals surface area contributed by atoms with Gasteiger partial charge < -0.3 is 9.47 Å². The molecule has 0 aromatic heterocycles. The molecule has 0 aliphatic carbocycles. The van der Waals surface area contributed by atoms with Crippen molar-refractivity contribution in [1.82, 2.24) is 4.31 Å². The maximum Gasteiger partial charge on any atom is 0.306 e. The fourth-order valence-electron chi connectivity index (χ4n) is 1.62. The molecule has 0 spiro atoms. The minimum atomic E-state index is -3.82. The molecule has 1 aromatic rings. The number of halogens is 1. The molecule has 8 heteroatoms. The van der Waals surface area contributed by atoms with Crippen LogP contribution in [-0.2, 0) is 24.3 Å². The van der Waals surface area contributed by atoms with Crippen molar-refractivity contribution in [1.29, 1.82) is 0 Å². The molecule has 6 nitrogen and oxygen atoms in total. The van der Waals surface area contributed by atoms with Gasteiger partial charge in [0, 0.05) is 20.2 Å². The summed E-state index contributed by atoms with van der Waals surface area (Å²) in [4.78, 5) is 11.1. The van der Waals surface area contributed by atoms with E-state index >= 15 is 0 Å². The van der Waals surface area contributed by atoms with Gasteiger partial charge in [-0.25, -0.2) is 12.8 Å². The van der Waals surface area contributed by atoms with Crippen LogP contribution in [0.1, 0.15) is 6.42 Å². The molecule has 118 valence electrons. The van der Waals surface area contributed by atoms with Crippen molar-refractivity contribution >= 4 is 16.0 Å². The van der Waals surface area contributed by atoms with Crippen LogP contribution in [0.3, 0.4) is 0 Å². The van der Waals surface area contributed by atoms with Crippen molar-refractivity contribution in [3.63, 3.8) is 0 Å². The molecule has 0 bridgehead atoms. The van der Waals surface area contributed by atoms with E-state index in [1.807, 2.05) is 0 Å². The Morgan fingerprint density at radius 2 is 1.81 bits per heavy atom. The normalized spacial score (nSPS) is 11.6. The van der Waals surface area contributed by atoms with E-state index in [1.165, 1.54) is 26.4 Å². The van der Waals surface area contributed by atoms with Crippen LogP contribution >= 0.6 is 0 Å². The SMILES string of the molecule is COCCN(CCC(=O)OC)S(=O)(=O)c1ccc(F)cc1. The van der Waals surface area contributed by atoms with Crippen molar-refractivity contribution in [2.75, 3.05) is 33.9 Å². The van der Waals surface area contributed by atoms with Gasteiger partial charge in [-0.15, -0.1) is 0 Å². The molecule has 21 heavy (non-hydrogen) atoms. The van der Waals surface area contributed by atoms with Crippen LogP contribution in [0.4, 0.5) is 4.39 Å². The zero-order valence-corrected chi connectivity index (χ0v) is 12.7. The summed E-state index contributed by atoms with van der Waals surface area (Å²) in [6.07, 6.45) is -0.0688. The second kappa shape index (κ2) is 8.06. The number of carbonyl (C=O) groups excluding carboxylic acids is 1. The van der Waals surface area contributed by atoms with Crippen molar-refractivity contribution in [3.05, 3.63) is 30.1 Å². The van der Waals surface area contributed by atoms with Crippen LogP contribution in [0.25, 0.3) is 0 Å². The highest BCUT2D eigenvalue weighted by molar-refractivity contribution is 7.89. The van der Waals surface area contributed by atoms with E-state index in [-0.39, 0.29) is 31.0 Å². The molecule has 0 aliphatic rings. The number of benzene rings is 1. The monoisotopic (exact) mass is 319 g/mol. The molecule has 1 rings (SSSR count). The number of ether oxygens (including phenoxy) is 2. The maximum absolute atomic E-state index is 12.9. The van der Waals surface area contributed by atoms with Crippen LogP contribution in [0.2, 0.25) is 0 Å². The molecule has 1 aromatic carbocycles. The Morgan fingerprint density at radius 3 is 2.33 bits per heavy atom. The van der Waals surface area contributed by atoms with Crippen molar-refractivity contribution in [2.45, 2.75) is 11.3 Å². The van der Waals surface area contributed by atoms with Gasteiger partial charge in [0.1, 0.15) is 5.82 Å². The number of sulfonamides is 1. The summed E-state index contributed by atoms with van der Waals surface area (Å²) in [7, 11) is -1.14. The number of carbonyl (C=O) groups is 1. The van der Waals surface area contributed by atoms with Gasteiger partial charge in [-0.3, -0.25) is 4.79 Å². The number of nitrogens with zero attached hydrogens (tertiary/aromatic N) is 1. The fourth-order valence-corrected chi connectivity index (χ4v) is 3.04. The highest BCUT2D eigenvalue weighted by Gasteiger charge is 2.24. The Kier molecular flexibility index (Phi) is 6.73. The van der Waals surface area contributed by atoms with Gasteiger partial charge in [0.2, 0.25) is 10.0 Å². The molecular weight excluding hydrogens is 301 g/mol. The third kappa shape index (κ3) is 5.07. The molecule has 0 saturated carbocycles. The Balaban J connectivity index is 2.93. The topological polar surface area (TPSA) is 72.9 Å². The van der Waals surface area contributed by atoms with Gasteiger partial charge >= 0.3 is 5.97 Å². The lowest BCUT2D eigenvalue weighted by atomic mass is 10.4. The predicted octanol–water partition coefficient (Wildman–Crippen LogP) is 1.03. The minimum Gasteiger partial charge on any atom is -0.469 e. The molecule has 0 aliphatic heterocycles. The van der Waals surface area contributed by atoms with E-state index in [1.54, 1.807) is 0 Å². The number of rotatable bonds is 8. The van der Waals surface area contributed by atoms with Crippen LogP contribution < -0.4 is 0 Å². The molecule has 0 amide bonds. The van der Waals surface area contributed by atoms with Gasteiger partial charge in [-0.05, 0) is 24.3 Å². The van der Waals surface area contributed by atoms with Gasteiger partial charge in [0.25, 0.3) is 0 Å². The van der Waals surface area contributed by atoms with Crippen LogP contribution in [-0.4, -0.2) is 52.6 Å². The highest BCUT2D eigenvalue weighted by atomic mass is 32.2. The quantitative estimate of drug-likeness (QED) is 0.669. The van der Waals surface area contributed by atoms with E-state index in [4.69, 9.17) is 4.74 Å². The fraction of sp³-hybridized carbons (Fsp3) is 0.462. The maximum atomic E-state index is 12.9. The molecule has 0 saturated heterocycles. The Labute approximate surface area is 123 Å². The van der Waals surface area contributed by atoms with E-state index in [2.05, 4.69) is 4.74 Å².